The molecule has 1 saturated heterocycles. The maximum Gasteiger partial charge on any atom is 0.0676 e. The summed E-state index contributed by atoms with van der Waals surface area (Å²) in [5, 5.41) is 3.77. The van der Waals surface area contributed by atoms with Crippen molar-refractivity contribution in [3.8, 4) is 0 Å². The number of hydrogen-bond donors (Lipinski definition) is 1. The third-order valence-electron chi connectivity index (χ3n) is 5.19. The molecule has 1 aromatic rings. The quantitative estimate of drug-likeness (QED) is 0.854. The van der Waals surface area contributed by atoms with Crippen LogP contribution in [0.2, 0.25) is 0 Å². The Morgan fingerprint density at radius 1 is 1.29 bits per heavy atom. The summed E-state index contributed by atoms with van der Waals surface area (Å²) in [6, 6.07) is 5.03. The van der Waals surface area contributed by atoms with Gasteiger partial charge in [0.2, 0.25) is 0 Å². The Morgan fingerprint density at radius 2 is 2.14 bits per heavy atom. The van der Waals surface area contributed by atoms with Crippen LogP contribution in [0.5, 0.6) is 0 Å². The molecule has 114 valence electrons. The van der Waals surface area contributed by atoms with Crippen molar-refractivity contribution in [2.24, 2.45) is 11.3 Å². The molecule has 4 rings (SSSR count). The zero-order chi connectivity index (χ0) is 14.3. The van der Waals surface area contributed by atoms with Gasteiger partial charge in [-0.25, -0.2) is 0 Å². The first-order valence-corrected chi connectivity index (χ1v) is 9.00. The first-order valence-electron chi connectivity index (χ1n) is 8.21. The fourth-order valence-corrected chi connectivity index (χ4v) is 3.93. The summed E-state index contributed by atoms with van der Waals surface area (Å²) in [5.74, 6) is 0.795. The van der Waals surface area contributed by atoms with Gasteiger partial charge in [-0.3, -0.25) is 4.98 Å². The topological polar surface area (TPSA) is 34.1 Å². The summed E-state index contributed by atoms with van der Waals surface area (Å²) in [6.45, 7) is 2.01. The molecule has 0 radical (unpaired) electrons. The van der Waals surface area contributed by atoms with Crippen LogP contribution < -0.4 is 5.32 Å². The highest BCUT2D eigenvalue weighted by atomic mass is 79.9. The van der Waals surface area contributed by atoms with E-state index in [0.29, 0.717) is 6.10 Å². The Kier molecular flexibility index (Phi) is 3.80. The summed E-state index contributed by atoms with van der Waals surface area (Å²) < 4.78 is 7.22. The van der Waals surface area contributed by atoms with E-state index in [4.69, 9.17) is 4.74 Å². The van der Waals surface area contributed by atoms with Crippen LogP contribution in [-0.2, 0) is 11.2 Å². The number of aromatic nitrogens is 1. The van der Waals surface area contributed by atoms with E-state index < -0.39 is 0 Å². The van der Waals surface area contributed by atoms with Crippen molar-refractivity contribution in [1.29, 1.82) is 0 Å². The second-order valence-corrected chi connectivity index (χ2v) is 7.96. The highest BCUT2D eigenvalue weighted by Gasteiger charge is 2.51. The summed E-state index contributed by atoms with van der Waals surface area (Å²) in [7, 11) is 0. The molecule has 0 aromatic carbocycles. The fraction of sp³-hybridized carbons (Fsp3) is 0.706. The second kappa shape index (κ2) is 5.64. The molecule has 3 nitrogen and oxygen atoms in total. The highest BCUT2D eigenvalue weighted by Crippen LogP contribution is 2.49. The molecule has 2 heterocycles. The molecule has 1 aromatic heterocycles. The van der Waals surface area contributed by atoms with Gasteiger partial charge in [0, 0.05) is 41.0 Å². The van der Waals surface area contributed by atoms with Crippen molar-refractivity contribution in [1.82, 2.24) is 10.3 Å². The third kappa shape index (κ3) is 3.17. The minimum atomic E-state index is 0.255. The van der Waals surface area contributed by atoms with Gasteiger partial charge >= 0.3 is 0 Å². The lowest BCUT2D eigenvalue weighted by atomic mass is 9.75. The number of ether oxygens (including phenoxy) is 1. The van der Waals surface area contributed by atoms with E-state index in [2.05, 4.69) is 38.4 Å². The lowest BCUT2D eigenvalue weighted by Gasteiger charge is -2.34. The van der Waals surface area contributed by atoms with Gasteiger partial charge in [-0.2, -0.15) is 0 Å². The molecule has 0 amide bonds. The molecule has 2 unspecified atom stereocenters. The molecule has 3 fully saturated rings. The van der Waals surface area contributed by atoms with Gasteiger partial charge in [0.05, 0.1) is 6.10 Å². The third-order valence-corrected chi connectivity index (χ3v) is 5.66. The number of nitrogens with one attached hydrogen (secondary N) is 1. The van der Waals surface area contributed by atoms with Gasteiger partial charge in [0.15, 0.2) is 0 Å². The molecular weight excluding hydrogens is 328 g/mol. The van der Waals surface area contributed by atoms with Crippen molar-refractivity contribution < 1.29 is 4.74 Å². The lowest BCUT2D eigenvalue weighted by molar-refractivity contribution is 0.0300. The van der Waals surface area contributed by atoms with Crippen molar-refractivity contribution in [3.05, 3.63) is 28.5 Å². The van der Waals surface area contributed by atoms with Crippen molar-refractivity contribution in [2.45, 2.75) is 50.7 Å². The van der Waals surface area contributed by atoms with Gasteiger partial charge < -0.3 is 10.1 Å². The van der Waals surface area contributed by atoms with Crippen LogP contribution in [0.25, 0.3) is 0 Å². The smallest absolute Gasteiger partial charge is 0.0676 e. The molecule has 3 aliphatic rings. The summed E-state index contributed by atoms with van der Waals surface area (Å²) in [6.07, 6.45) is 9.97. The van der Waals surface area contributed by atoms with Crippen molar-refractivity contribution >= 4 is 15.9 Å². The van der Waals surface area contributed by atoms with E-state index in [9.17, 15) is 0 Å². The summed E-state index contributed by atoms with van der Waals surface area (Å²) >= 11 is 3.48. The van der Waals surface area contributed by atoms with Gasteiger partial charge in [-0.15, -0.1) is 0 Å². The molecule has 1 N–H and O–H groups in total. The first kappa shape index (κ1) is 14.2. The van der Waals surface area contributed by atoms with E-state index in [1.54, 1.807) is 0 Å². The van der Waals surface area contributed by atoms with E-state index in [1.165, 1.54) is 37.8 Å². The zero-order valence-corrected chi connectivity index (χ0v) is 13.9. The molecule has 2 aliphatic carbocycles. The Hall–Kier alpha value is -0.450. The molecule has 2 atom stereocenters. The predicted octanol–water partition coefficient (Wildman–Crippen LogP) is 3.32. The van der Waals surface area contributed by atoms with Gasteiger partial charge in [0.25, 0.3) is 0 Å². The average Bonchev–Trinajstić information content (AvgIpc) is 3.40. The monoisotopic (exact) mass is 350 g/mol. The molecular formula is C17H23BrN2O. The normalized spacial score (nSPS) is 32.5. The molecule has 4 heteroatoms. The van der Waals surface area contributed by atoms with Crippen molar-refractivity contribution in [3.63, 3.8) is 0 Å². The second-order valence-electron chi connectivity index (χ2n) is 7.04. The number of hydrogen-bond acceptors (Lipinski definition) is 3. The number of pyridine rings is 1. The molecule has 0 spiro atoms. The fourth-order valence-electron chi connectivity index (χ4n) is 3.69. The molecule has 21 heavy (non-hydrogen) atoms. The van der Waals surface area contributed by atoms with Crippen LogP contribution in [0.4, 0.5) is 0 Å². The molecule has 2 saturated carbocycles. The van der Waals surface area contributed by atoms with Gasteiger partial charge in [0.1, 0.15) is 0 Å². The average molecular weight is 351 g/mol. The number of rotatable bonds is 6. The lowest BCUT2D eigenvalue weighted by Crippen LogP contribution is -2.44. The number of nitrogens with zero attached hydrogens (tertiary/aromatic N) is 1. The van der Waals surface area contributed by atoms with Crippen LogP contribution in [0.3, 0.4) is 0 Å². The SMILES string of the molecule is Brc1ccc(CC2(CNC3CC3)CCOC2C2CC2)nc1. The van der Waals surface area contributed by atoms with Crippen LogP contribution in [0, 0.1) is 11.3 Å². The Labute approximate surface area is 135 Å². The molecule has 1 aliphatic heterocycles. The van der Waals surface area contributed by atoms with E-state index >= 15 is 0 Å². The highest BCUT2D eigenvalue weighted by molar-refractivity contribution is 9.10. The Bertz CT molecular complexity index is 498. The zero-order valence-electron chi connectivity index (χ0n) is 12.4. The van der Waals surface area contributed by atoms with Crippen molar-refractivity contribution in [2.75, 3.05) is 13.2 Å². The van der Waals surface area contributed by atoms with E-state index in [0.717, 1.165) is 36.0 Å². The van der Waals surface area contributed by atoms with Gasteiger partial charge in [-0.1, -0.05) is 0 Å². The summed E-state index contributed by atoms with van der Waals surface area (Å²) in [4.78, 5) is 4.61. The van der Waals surface area contributed by atoms with E-state index in [1.807, 2.05) is 6.20 Å². The van der Waals surface area contributed by atoms with Crippen LogP contribution in [0.1, 0.15) is 37.8 Å². The largest absolute Gasteiger partial charge is 0.377 e. The van der Waals surface area contributed by atoms with Crippen LogP contribution in [0.15, 0.2) is 22.8 Å². The number of halogens is 1. The minimum absolute atomic E-state index is 0.255. The predicted molar refractivity (Wildman–Crippen MR) is 86.2 cm³/mol. The summed E-state index contributed by atoms with van der Waals surface area (Å²) in [5.41, 5.74) is 1.46. The van der Waals surface area contributed by atoms with E-state index in [-0.39, 0.29) is 5.41 Å². The minimum Gasteiger partial charge on any atom is -0.377 e. The van der Waals surface area contributed by atoms with Crippen LogP contribution >= 0.6 is 15.9 Å². The maximum atomic E-state index is 6.16. The van der Waals surface area contributed by atoms with Gasteiger partial charge in [-0.05, 0) is 72.5 Å². The Morgan fingerprint density at radius 3 is 2.81 bits per heavy atom. The maximum absolute atomic E-state index is 6.16. The standard InChI is InChI=1S/C17H23BrN2O/c18-13-3-4-15(19-10-13)9-17(11-20-14-5-6-14)7-8-21-16(17)12-1-2-12/h3-4,10,12,14,16,20H,1-2,5-9,11H2. The molecule has 0 bridgehead atoms. The first-order chi connectivity index (χ1) is 10.3. The van der Waals surface area contributed by atoms with Crippen LogP contribution in [-0.4, -0.2) is 30.3 Å². The Balaban J connectivity index is 1.54.